The smallest absolute Gasteiger partial charge is 0.337 e. The van der Waals surface area contributed by atoms with Crippen LogP contribution in [0.5, 0.6) is 0 Å². The Bertz CT molecular complexity index is 961. The van der Waals surface area contributed by atoms with Crippen LogP contribution in [0.3, 0.4) is 0 Å². The van der Waals surface area contributed by atoms with Crippen LogP contribution in [0, 0.1) is 5.92 Å². The van der Waals surface area contributed by atoms with Gasteiger partial charge in [-0.25, -0.2) is 14.5 Å². The maximum atomic E-state index is 11.4. The lowest BCUT2D eigenvalue weighted by molar-refractivity contribution is 0.0697. The van der Waals surface area contributed by atoms with E-state index in [4.69, 9.17) is 10.1 Å². The highest BCUT2D eigenvalue weighted by Gasteiger charge is 2.14. The fourth-order valence-electron chi connectivity index (χ4n) is 3.30. The molecule has 2 aromatic heterocycles. The molecule has 0 spiro atoms. The molecular formula is C23H28N4O2. The van der Waals surface area contributed by atoms with Crippen molar-refractivity contribution in [1.29, 1.82) is 0 Å². The van der Waals surface area contributed by atoms with Crippen LogP contribution in [0.25, 0.3) is 11.1 Å². The summed E-state index contributed by atoms with van der Waals surface area (Å²) in [6.45, 7) is 7.41. The lowest BCUT2D eigenvalue weighted by atomic mass is 10.00. The molecule has 0 aliphatic carbocycles. The number of hydrogen-bond donors (Lipinski definition) is 1. The van der Waals surface area contributed by atoms with Crippen LogP contribution in [0.2, 0.25) is 0 Å². The average Bonchev–Trinajstić information content (AvgIpc) is 3.07. The van der Waals surface area contributed by atoms with Gasteiger partial charge in [-0.15, -0.1) is 0 Å². The predicted octanol–water partition coefficient (Wildman–Crippen LogP) is 4.63. The summed E-state index contributed by atoms with van der Waals surface area (Å²) in [5.41, 5.74) is 2.87. The van der Waals surface area contributed by atoms with Gasteiger partial charge in [-0.3, -0.25) is 4.98 Å². The lowest BCUT2D eigenvalue weighted by Crippen LogP contribution is -2.07. The number of pyridine rings is 1. The molecule has 3 aromatic rings. The van der Waals surface area contributed by atoms with E-state index in [1.165, 1.54) is 6.20 Å². The molecule has 0 aliphatic rings. The van der Waals surface area contributed by atoms with E-state index in [-0.39, 0.29) is 5.56 Å². The molecule has 0 fully saturated rings. The van der Waals surface area contributed by atoms with Crippen LogP contribution >= 0.6 is 0 Å². The number of carbonyl (C=O) groups is 1. The first-order chi connectivity index (χ1) is 14.0. The van der Waals surface area contributed by atoms with Gasteiger partial charge in [0.15, 0.2) is 5.82 Å². The van der Waals surface area contributed by atoms with E-state index in [1.54, 1.807) is 12.3 Å². The van der Waals surface area contributed by atoms with Crippen molar-refractivity contribution in [3.63, 3.8) is 0 Å². The van der Waals surface area contributed by atoms with Crippen molar-refractivity contribution < 1.29 is 9.90 Å². The van der Waals surface area contributed by atoms with Crippen LogP contribution in [-0.4, -0.2) is 30.8 Å². The highest BCUT2D eigenvalue weighted by atomic mass is 16.4. The molecule has 0 bridgehead atoms. The molecule has 1 aromatic carbocycles. The van der Waals surface area contributed by atoms with Crippen LogP contribution in [0.1, 0.15) is 61.2 Å². The first kappa shape index (κ1) is 20.7. The summed E-state index contributed by atoms with van der Waals surface area (Å²) in [6, 6.07) is 9.71. The van der Waals surface area contributed by atoms with Gasteiger partial charge in [0.25, 0.3) is 0 Å². The standard InChI is InChI=1S/C23H28N4O2/c1-4-5-12-27-22(25-21(26-27)13-16(2)3)14-17-6-8-18(9-7-17)19-10-11-24-15-20(19)23(28)29/h6-11,15-16H,4-5,12-14H2,1-3H3,(H,28,29). The number of aryl methyl sites for hydroxylation is 1. The summed E-state index contributed by atoms with van der Waals surface area (Å²) in [6.07, 6.45) is 6.78. The second-order valence-electron chi connectivity index (χ2n) is 7.72. The molecule has 3 rings (SSSR count). The van der Waals surface area contributed by atoms with Gasteiger partial charge in [0.1, 0.15) is 5.82 Å². The summed E-state index contributed by atoms with van der Waals surface area (Å²) >= 11 is 0. The van der Waals surface area contributed by atoms with Gasteiger partial charge in [0.05, 0.1) is 5.56 Å². The third-order valence-corrected chi connectivity index (χ3v) is 4.79. The summed E-state index contributed by atoms with van der Waals surface area (Å²) in [4.78, 5) is 20.2. The number of benzene rings is 1. The number of aromatic carboxylic acids is 1. The van der Waals surface area contributed by atoms with Crippen LogP contribution in [0.4, 0.5) is 0 Å². The monoisotopic (exact) mass is 392 g/mol. The maximum Gasteiger partial charge on any atom is 0.337 e. The van der Waals surface area contributed by atoms with Gasteiger partial charge >= 0.3 is 5.97 Å². The molecule has 0 atom stereocenters. The number of nitrogens with zero attached hydrogens (tertiary/aromatic N) is 4. The van der Waals surface area contributed by atoms with Crippen LogP contribution in [0.15, 0.2) is 42.7 Å². The minimum absolute atomic E-state index is 0.206. The number of carboxylic acid groups (broad SMARTS) is 1. The second kappa shape index (κ2) is 9.45. The lowest BCUT2D eigenvalue weighted by Gasteiger charge is -2.08. The Morgan fingerprint density at radius 1 is 1.17 bits per heavy atom. The minimum atomic E-state index is -0.973. The zero-order valence-corrected chi connectivity index (χ0v) is 17.3. The highest BCUT2D eigenvalue weighted by molar-refractivity contribution is 5.95. The Hall–Kier alpha value is -3.02. The average molecular weight is 393 g/mol. The second-order valence-corrected chi connectivity index (χ2v) is 7.72. The molecule has 6 heteroatoms. The van der Waals surface area contributed by atoms with Gasteiger partial charge in [0, 0.05) is 31.8 Å². The number of unbranched alkanes of at least 4 members (excludes halogenated alkanes) is 1. The molecule has 0 saturated heterocycles. The molecule has 1 N–H and O–H groups in total. The van der Waals surface area contributed by atoms with Gasteiger partial charge < -0.3 is 5.11 Å². The molecule has 0 saturated carbocycles. The first-order valence-electron chi connectivity index (χ1n) is 10.2. The number of carboxylic acids is 1. The fourth-order valence-corrected chi connectivity index (χ4v) is 3.30. The number of hydrogen-bond acceptors (Lipinski definition) is 4. The molecular weight excluding hydrogens is 364 g/mol. The van der Waals surface area contributed by atoms with E-state index in [0.29, 0.717) is 17.9 Å². The van der Waals surface area contributed by atoms with Crippen molar-refractivity contribution in [1.82, 2.24) is 19.7 Å². The third kappa shape index (κ3) is 5.28. The zero-order valence-electron chi connectivity index (χ0n) is 17.3. The summed E-state index contributed by atoms with van der Waals surface area (Å²) < 4.78 is 2.04. The van der Waals surface area contributed by atoms with E-state index in [1.807, 2.05) is 28.9 Å². The molecule has 2 heterocycles. The number of rotatable bonds is 9. The van der Waals surface area contributed by atoms with E-state index >= 15 is 0 Å². The molecule has 0 radical (unpaired) electrons. The summed E-state index contributed by atoms with van der Waals surface area (Å²) in [5, 5.41) is 14.1. The van der Waals surface area contributed by atoms with Gasteiger partial charge in [-0.05, 0) is 35.1 Å². The minimum Gasteiger partial charge on any atom is -0.478 e. The van der Waals surface area contributed by atoms with E-state index in [9.17, 15) is 9.90 Å². The van der Waals surface area contributed by atoms with E-state index in [2.05, 4.69) is 25.8 Å². The topological polar surface area (TPSA) is 80.9 Å². The van der Waals surface area contributed by atoms with Crippen molar-refractivity contribution in [2.75, 3.05) is 0 Å². The Morgan fingerprint density at radius 3 is 2.59 bits per heavy atom. The van der Waals surface area contributed by atoms with Gasteiger partial charge in [-0.1, -0.05) is 51.5 Å². The Labute approximate surface area is 171 Å². The molecule has 0 aliphatic heterocycles. The quantitative estimate of drug-likeness (QED) is 0.574. The predicted molar refractivity (Wildman–Crippen MR) is 113 cm³/mol. The summed E-state index contributed by atoms with van der Waals surface area (Å²) in [5.74, 6) is 1.44. The normalized spacial score (nSPS) is 11.2. The van der Waals surface area contributed by atoms with Gasteiger partial charge in [-0.2, -0.15) is 5.10 Å². The largest absolute Gasteiger partial charge is 0.478 e. The Kier molecular flexibility index (Phi) is 6.75. The Balaban J connectivity index is 1.83. The highest BCUT2D eigenvalue weighted by Crippen LogP contribution is 2.24. The molecule has 29 heavy (non-hydrogen) atoms. The molecule has 6 nitrogen and oxygen atoms in total. The van der Waals surface area contributed by atoms with Crippen molar-refractivity contribution in [3.8, 4) is 11.1 Å². The summed E-state index contributed by atoms with van der Waals surface area (Å²) in [7, 11) is 0. The van der Waals surface area contributed by atoms with Crippen molar-refractivity contribution in [3.05, 3.63) is 65.5 Å². The third-order valence-electron chi connectivity index (χ3n) is 4.79. The maximum absolute atomic E-state index is 11.4. The van der Waals surface area contributed by atoms with Crippen LogP contribution in [-0.2, 0) is 19.4 Å². The fraction of sp³-hybridized carbons (Fsp3) is 0.391. The van der Waals surface area contributed by atoms with Crippen molar-refractivity contribution in [2.45, 2.75) is 53.0 Å². The van der Waals surface area contributed by atoms with Crippen LogP contribution < -0.4 is 0 Å². The number of aromatic nitrogens is 4. The molecule has 0 unspecified atom stereocenters. The van der Waals surface area contributed by atoms with Gasteiger partial charge in [0.2, 0.25) is 0 Å². The Morgan fingerprint density at radius 2 is 1.93 bits per heavy atom. The zero-order chi connectivity index (χ0) is 20.8. The molecule has 152 valence electrons. The first-order valence-corrected chi connectivity index (χ1v) is 10.2. The van der Waals surface area contributed by atoms with Crippen molar-refractivity contribution in [2.24, 2.45) is 5.92 Å². The van der Waals surface area contributed by atoms with E-state index < -0.39 is 5.97 Å². The SMILES string of the molecule is CCCCn1nc(CC(C)C)nc1Cc1ccc(-c2ccncc2C(=O)O)cc1. The van der Waals surface area contributed by atoms with E-state index in [0.717, 1.165) is 48.6 Å². The molecule has 0 amide bonds. The van der Waals surface area contributed by atoms with Crippen molar-refractivity contribution >= 4 is 5.97 Å².